The van der Waals surface area contributed by atoms with Gasteiger partial charge in [0.2, 0.25) is 0 Å². The van der Waals surface area contributed by atoms with E-state index in [4.69, 9.17) is 0 Å². The summed E-state index contributed by atoms with van der Waals surface area (Å²) in [6, 6.07) is 4.36. The number of nitrogens with zero attached hydrogens (tertiary/aromatic N) is 1. The second-order valence-electron chi connectivity index (χ2n) is 5.39. The summed E-state index contributed by atoms with van der Waals surface area (Å²) >= 11 is 0. The molecule has 0 saturated carbocycles. The van der Waals surface area contributed by atoms with E-state index in [0.29, 0.717) is 6.04 Å². The zero-order valence-corrected chi connectivity index (χ0v) is 11.0. The molecule has 3 heteroatoms. The highest BCUT2D eigenvalue weighted by Crippen LogP contribution is 2.25. The first kappa shape index (κ1) is 11.7. The van der Waals surface area contributed by atoms with E-state index in [1.54, 1.807) is 6.07 Å². The van der Waals surface area contributed by atoms with Crippen LogP contribution in [0.2, 0.25) is 0 Å². The first-order valence-electron chi connectivity index (χ1n) is 6.62. The van der Waals surface area contributed by atoms with Crippen molar-refractivity contribution in [3.8, 4) is 0 Å². The van der Waals surface area contributed by atoms with Gasteiger partial charge in [-0.1, -0.05) is 0 Å². The SMILES string of the molecule is Cc1cn(C)c2c(F)cc(CC3CCCN3)cc12. The minimum absolute atomic E-state index is 0.101. The molecule has 1 saturated heterocycles. The van der Waals surface area contributed by atoms with Crippen LogP contribution < -0.4 is 5.32 Å². The Bertz CT molecular complexity index is 580. The van der Waals surface area contributed by atoms with Gasteiger partial charge in [-0.15, -0.1) is 0 Å². The topological polar surface area (TPSA) is 17.0 Å². The molecule has 0 bridgehead atoms. The average Bonchev–Trinajstić information content (AvgIpc) is 2.89. The fraction of sp³-hybridized carbons (Fsp3) is 0.467. The Morgan fingerprint density at radius 3 is 3.00 bits per heavy atom. The fourth-order valence-corrected chi connectivity index (χ4v) is 3.07. The van der Waals surface area contributed by atoms with Gasteiger partial charge in [0.1, 0.15) is 5.82 Å². The van der Waals surface area contributed by atoms with Crippen LogP contribution in [0.25, 0.3) is 10.9 Å². The first-order valence-corrected chi connectivity index (χ1v) is 6.62. The average molecular weight is 246 g/mol. The van der Waals surface area contributed by atoms with Gasteiger partial charge in [-0.05, 0) is 56.0 Å². The minimum Gasteiger partial charge on any atom is -0.348 e. The lowest BCUT2D eigenvalue weighted by Crippen LogP contribution is -2.23. The van der Waals surface area contributed by atoms with Crippen LogP contribution in [0, 0.1) is 12.7 Å². The number of rotatable bonds is 2. The van der Waals surface area contributed by atoms with Gasteiger partial charge >= 0.3 is 0 Å². The van der Waals surface area contributed by atoms with Gasteiger partial charge in [-0.25, -0.2) is 4.39 Å². The molecule has 1 N–H and O–H groups in total. The summed E-state index contributed by atoms with van der Waals surface area (Å²) in [7, 11) is 1.90. The summed E-state index contributed by atoms with van der Waals surface area (Å²) in [6.45, 7) is 3.14. The second kappa shape index (κ2) is 4.39. The van der Waals surface area contributed by atoms with Gasteiger partial charge in [0.15, 0.2) is 0 Å². The van der Waals surface area contributed by atoms with E-state index in [9.17, 15) is 4.39 Å². The molecule has 18 heavy (non-hydrogen) atoms. The maximum absolute atomic E-state index is 14.2. The van der Waals surface area contributed by atoms with Crippen LogP contribution in [0.1, 0.15) is 24.0 Å². The minimum atomic E-state index is -0.101. The third-order valence-electron chi connectivity index (χ3n) is 3.93. The Morgan fingerprint density at radius 1 is 1.44 bits per heavy atom. The van der Waals surface area contributed by atoms with Crippen molar-refractivity contribution in [1.29, 1.82) is 0 Å². The van der Waals surface area contributed by atoms with E-state index in [2.05, 4.69) is 11.4 Å². The highest BCUT2D eigenvalue weighted by molar-refractivity contribution is 5.85. The molecule has 1 aromatic carbocycles. The van der Waals surface area contributed by atoms with Crippen molar-refractivity contribution in [3.63, 3.8) is 0 Å². The molecule has 3 rings (SSSR count). The number of aromatic nitrogens is 1. The molecule has 1 aliphatic rings. The number of halogens is 1. The summed E-state index contributed by atoms with van der Waals surface area (Å²) in [6.07, 6.45) is 5.36. The molecule has 0 amide bonds. The van der Waals surface area contributed by atoms with Gasteiger partial charge in [0, 0.05) is 24.7 Å². The zero-order chi connectivity index (χ0) is 12.7. The molecule has 1 atom stereocenters. The molecule has 96 valence electrons. The Kier molecular flexibility index (Phi) is 2.86. The number of hydrogen-bond donors (Lipinski definition) is 1. The number of aryl methyl sites for hydroxylation is 2. The number of hydrogen-bond acceptors (Lipinski definition) is 1. The van der Waals surface area contributed by atoms with Crippen LogP contribution in [0.4, 0.5) is 4.39 Å². The van der Waals surface area contributed by atoms with Crippen molar-refractivity contribution in [3.05, 3.63) is 35.3 Å². The molecular formula is C15H19FN2. The maximum atomic E-state index is 14.2. The van der Waals surface area contributed by atoms with Gasteiger partial charge in [0.05, 0.1) is 5.52 Å². The van der Waals surface area contributed by atoms with E-state index in [1.807, 2.05) is 24.7 Å². The number of fused-ring (bicyclic) bond motifs is 1. The highest BCUT2D eigenvalue weighted by Gasteiger charge is 2.16. The lowest BCUT2D eigenvalue weighted by Gasteiger charge is -2.11. The quantitative estimate of drug-likeness (QED) is 0.862. The first-order chi connectivity index (χ1) is 8.65. The van der Waals surface area contributed by atoms with E-state index < -0.39 is 0 Å². The van der Waals surface area contributed by atoms with Crippen LogP contribution in [-0.2, 0) is 13.5 Å². The summed E-state index contributed by atoms with van der Waals surface area (Å²) in [5, 5.41) is 4.51. The predicted octanol–water partition coefficient (Wildman–Crippen LogP) is 2.92. The Morgan fingerprint density at radius 2 is 2.28 bits per heavy atom. The largest absolute Gasteiger partial charge is 0.348 e. The van der Waals surface area contributed by atoms with Gasteiger partial charge < -0.3 is 9.88 Å². The number of benzene rings is 1. The van der Waals surface area contributed by atoms with Crippen LogP contribution in [0.5, 0.6) is 0 Å². The molecule has 1 fully saturated rings. The van der Waals surface area contributed by atoms with E-state index in [1.165, 1.54) is 12.8 Å². The lowest BCUT2D eigenvalue weighted by molar-refractivity contribution is 0.595. The van der Waals surface area contributed by atoms with Crippen LogP contribution >= 0.6 is 0 Å². The van der Waals surface area contributed by atoms with Gasteiger partial charge in [-0.2, -0.15) is 0 Å². The van der Waals surface area contributed by atoms with Crippen molar-refractivity contribution in [2.24, 2.45) is 7.05 Å². The van der Waals surface area contributed by atoms with Crippen molar-refractivity contribution in [2.45, 2.75) is 32.2 Å². The summed E-state index contributed by atoms with van der Waals surface area (Å²) in [5.74, 6) is -0.101. The molecule has 1 aliphatic heterocycles. The van der Waals surface area contributed by atoms with E-state index >= 15 is 0 Å². The molecule has 0 aliphatic carbocycles. The van der Waals surface area contributed by atoms with E-state index in [0.717, 1.165) is 35.0 Å². The lowest BCUT2D eigenvalue weighted by atomic mass is 10.0. The highest BCUT2D eigenvalue weighted by atomic mass is 19.1. The number of nitrogens with one attached hydrogen (secondary N) is 1. The summed E-state index contributed by atoms with van der Waals surface area (Å²) < 4.78 is 16.0. The van der Waals surface area contributed by atoms with Crippen LogP contribution in [0.3, 0.4) is 0 Å². The predicted molar refractivity (Wildman–Crippen MR) is 72.3 cm³/mol. The van der Waals surface area contributed by atoms with Crippen molar-refractivity contribution in [2.75, 3.05) is 6.54 Å². The Labute approximate surface area is 107 Å². The molecular weight excluding hydrogens is 227 g/mol. The standard InChI is InChI=1S/C15H19FN2/c1-10-9-18(2)15-13(10)7-11(8-14(15)16)6-12-4-3-5-17-12/h7-9,12,17H,3-6H2,1-2H3. The van der Waals surface area contributed by atoms with Gasteiger partial charge in [0.25, 0.3) is 0 Å². The van der Waals surface area contributed by atoms with Crippen LogP contribution in [0.15, 0.2) is 18.3 Å². The third kappa shape index (κ3) is 1.93. The maximum Gasteiger partial charge on any atom is 0.147 e. The smallest absolute Gasteiger partial charge is 0.147 e. The monoisotopic (exact) mass is 246 g/mol. The Balaban J connectivity index is 2.00. The summed E-state index contributed by atoms with van der Waals surface area (Å²) in [5.41, 5.74) is 2.97. The molecule has 2 nitrogen and oxygen atoms in total. The molecule has 2 heterocycles. The summed E-state index contributed by atoms with van der Waals surface area (Å²) in [4.78, 5) is 0. The Hall–Kier alpha value is -1.35. The van der Waals surface area contributed by atoms with Crippen molar-refractivity contribution in [1.82, 2.24) is 9.88 Å². The molecule has 1 unspecified atom stereocenters. The zero-order valence-electron chi connectivity index (χ0n) is 11.0. The van der Waals surface area contributed by atoms with Crippen molar-refractivity contribution >= 4 is 10.9 Å². The molecule has 0 radical (unpaired) electrons. The van der Waals surface area contributed by atoms with Crippen LogP contribution in [-0.4, -0.2) is 17.2 Å². The second-order valence-corrected chi connectivity index (χ2v) is 5.39. The normalized spacial score (nSPS) is 19.8. The molecule has 0 spiro atoms. The fourth-order valence-electron chi connectivity index (χ4n) is 3.07. The molecule has 1 aromatic heterocycles. The van der Waals surface area contributed by atoms with E-state index in [-0.39, 0.29) is 5.82 Å². The third-order valence-corrected chi connectivity index (χ3v) is 3.93. The molecule has 2 aromatic rings. The van der Waals surface area contributed by atoms with Gasteiger partial charge in [-0.3, -0.25) is 0 Å². The van der Waals surface area contributed by atoms with Crippen molar-refractivity contribution < 1.29 is 4.39 Å².